The van der Waals surface area contributed by atoms with Crippen LogP contribution in [0.5, 0.6) is 0 Å². The zero-order valence-electron chi connectivity index (χ0n) is 9.97. The molecule has 3 N–H and O–H groups in total. The second-order valence-corrected chi connectivity index (χ2v) is 5.60. The molecule has 2 aromatic rings. The fourth-order valence-electron chi connectivity index (χ4n) is 1.39. The fraction of sp³-hybridized carbons (Fsp3) is 0.182. The molecular formula is C11H13N3O3S. The minimum Gasteiger partial charge on any atom is -0.431 e. The molecule has 0 radical (unpaired) electrons. The topological polar surface area (TPSA) is 98.2 Å². The number of benzene rings is 1. The van der Waals surface area contributed by atoms with Crippen LogP contribution in [0.3, 0.4) is 0 Å². The summed E-state index contributed by atoms with van der Waals surface area (Å²) < 4.78 is 31.3. The summed E-state index contributed by atoms with van der Waals surface area (Å²) in [5, 5.41) is 0. The van der Waals surface area contributed by atoms with Gasteiger partial charge in [-0.1, -0.05) is 0 Å². The summed E-state index contributed by atoms with van der Waals surface area (Å²) in [6, 6.07) is 4.42. The van der Waals surface area contributed by atoms with Gasteiger partial charge in [0, 0.05) is 5.69 Å². The molecule has 7 heteroatoms. The van der Waals surface area contributed by atoms with Crippen LogP contribution < -0.4 is 10.5 Å². The first-order valence-corrected chi connectivity index (χ1v) is 6.68. The number of rotatable bonds is 3. The highest BCUT2D eigenvalue weighted by Gasteiger charge is 2.17. The van der Waals surface area contributed by atoms with E-state index < -0.39 is 10.0 Å². The number of nitrogens with one attached hydrogen (secondary N) is 1. The van der Waals surface area contributed by atoms with Gasteiger partial charge in [0.25, 0.3) is 10.0 Å². The van der Waals surface area contributed by atoms with Crippen LogP contribution in [0.4, 0.5) is 11.7 Å². The molecule has 0 aliphatic carbocycles. The molecule has 6 nitrogen and oxygen atoms in total. The molecule has 0 spiro atoms. The Kier molecular flexibility index (Phi) is 3.00. The van der Waals surface area contributed by atoms with E-state index in [9.17, 15) is 8.42 Å². The third-order valence-electron chi connectivity index (χ3n) is 2.39. The largest absolute Gasteiger partial charge is 0.431 e. The van der Waals surface area contributed by atoms with E-state index >= 15 is 0 Å². The van der Waals surface area contributed by atoms with Gasteiger partial charge < -0.3 is 10.2 Å². The van der Waals surface area contributed by atoms with Crippen LogP contribution in [0, 0.1) is 13.8 Å². The van der Waals surface area contributed by atoms with Crippen molar-refractivity contribution >= 4 is 21.7 Å². The van der Waals surface area contributed by atoms with Gasteiger partial charge in [-0.15, -0.1) is 0 Å². The van der Waals surface area contributed by atoms with Crippen LogP contribution in [0.1, 0.15) is 11.3 Å². The molecule has 0 saturated heterocycles. The number of anilines is 2. The summed E-state index contributed by atoms with van der Waals surface area (Å²) in [5.74, 6) is 0. The fourth-order valence-corrected chi connectivity index (χ4v) is 2.41. The molecule has 0 amide bonds. The van der Waals surface area contributed by atoms with Gasteiger partial charge in [0.2, 0.25) is 0 Å². The van der Waals surface area contributed by atoms with E-state index in [4.69, 9.17) is 10.2 Å². The summed E-state index contributed by atoms with van der Waals surface area (Å²) in [5.41, 5.74) is 7.48. The second kappa shape index (κ2) is 4.34. The molecule has 0 aliphatic rings. The van der Waals surface area contributed by atoms with Crippen molar-refractivity contribution in [1.82, 2.24) is 4.98 Å². The number of hydrogen-bond acceptors (Lipinski definition) is 5. The Morgan fingerprint density at radius 2 is 2.06 bits per heavy atom. The van der Waals surface area contributed by atoms with Gasteiger partial charge in [-0.25, -0.2) is 13.1 Å². The van der Waals surface area contributed by atoms with Gasteiger partial charge in [-0.2, -0.15) is 4.98 Å². The highest BCUT2D eigenvalue weighted by molar-refractivity contribution is 7.92. The van der Waals surface area contributed by atoms with Crippen LogP contribution >= 0.6 is 0 Å². The molecule has 0 saturated carbocycles. The van der Waals surface area contributed by atoms with E-state index in [1.807, 2.05) is 0 Å². The first-order valence-electron chi connectivity index (χ1n) is 5.19. The number of oxazole rings is 1. The zero-order chi connectivity index (χ0) is 13.3. The quantitative estimate of drug-likeness (QED) is 0.824. The predicted octanol–water partition coefficient (Wildman–Crippen LogP) is 1.67. The van der Waals surface area contributed by atoms with E-state index in [0.29, 0.717) is 16.9 Å². The molecule has 96 valence electrons. The Balaban J connectivity index is 2.33. The molecule has 0 bridgehead atoms. The monoisotopic (exact) mass is 267 g/mol. The van der Waals surface area contributed by atoms with Crippen LogP contribution in [0.25, 0.3) is 0 Å². The predicted molar refractivity (Wildman–Crippen MR) is 67.6 cm³/mol. The number of aromatic nitrogens is 1. The maximum absolute atomic E-state index is 12.0. The van der Waals surface area contributed by atoms with Gasteiger partial charge in [-0.05, 0) is 37.6 Å². The maximum Gasteiger partial charge on any atom is 0.309 e. The molecule has 0 fully saturated rings. The van der Waals surface area contributed by atoms with Crippen molar-refractivity contribution in [2.24, 2.45) is 0 Å². The van der Waals surface area contributed by atoms with E-state index in [-0.39, 0.29) is 10.9 Å². The Hall–Kier alpha value is -2.02. The molecule has 2 rings (SSSR count). The average molecular weight is 267 g/mol. The van der Waals surface area contributed by atoms with Crippen LogP contribution in [0.15, 0.2) is 33.8 Å². The van der Waals surface area contributed by atoms with Crippen molar-refractivity contribution in [3.8, 4) is 0 Å². The number of nitrogens with two attached hydrogens (primary N) is 1. The van der Waals surface area contributed by atoms with Crippen molar-refractivity contribution in [3.05, 3.63) is 35.7 Å². The van der Waals surface area contributed by atoms with Gasteiger partial charge in [0.05, 0.1) is 10.6 Å². The molecular weight excluding hydrogens is 254 g/mol. The molecule has 1 heterocycles. The molecule has 0 aliphatic heterocycles. The Morgan fingerprint density at radius 1 is 1.33 bits per heavy atom. The lowest BCUT2D eigenvalue weighted by atomic mass is 10.2. The van der Waals surface area contributed by atoms with Crippen LogP contribution in [0.2, 0.25) is 0 Å². The van der Waals surface area contributed by atoms with Crippen LogP contribution in [-0.4, -0.2) is 13.4 Å². The van der Waals surface area contributed by atoms with Gasteiger partial charge >= 0.3 is 6.01 Å². The summed E-state index contributed by atoms with van der Waals surface area (Å²) in [6.07, 6.45) is 1.37. The molecule has 18 heavy (non-hydrogen) atoms. The summed E-state index contributed by atoms with van der Waals surface area (Å²) in [7, 11) is -3.70. The van der Waals surface area contributed by atoms with Crippen molar-refractivity contribution < 1.29 is 12.8 Å². The number of hydrogen-bond donors (Lipinski definition) is 2. The minimum atomic E-state index is -3.70. The van der Waals surface area contributed by atoms with E-state index in [1.54, 1.807) is 19.9 Å². The second-order valence-electron chi connectivity index (χ2n) is 3.92. The lowest BCUT2D eigenvalue weighted by molar-refractivity contribution is 0.569. The normalized spacial score (nSPS) is 11.4. The summed E-state index contributed by atoms with van der Waals surface area (Å²) >= 11 is 0. The third kappa shape index (κ3) is 2.45. The number of nitrogens with zero attached hydrogens (tertiary/aromatic N) is 1. The van der Waals surface area contributed by atoms with E-state index in [1.165, 1.54) is 18.4 Å². The molecule has 1 aromatic carbocycles. The van der Waals surface area contributed by atoms with Crippen LogP contribution in [-0.2, 0) is 10.0 Å². The Bertz CT molecular complexity index is 677. The third-order valence-corrected chi connectivity index (χ3v) is 3.71. The van der Waals surface area contributed by atoms with Crippen molar-refractivity contribution in [2.75, 3.05) is 10.5 Å². The smallest absolute Gasteiger partial charge is 0.309 e. The highest BCUT2D eigenvalue weighted by Crippen LogP contribution is 2.19. The number of nitrogen functional groups attached to an aromatic ring is 1. The highest BCUT2D eigenvalue weighted by atomic mass is 32.2. The van der Waals surface area contributed by atoms with Crippen molar-refractivity contribution in [3.63, 3.8) is 0 Å². The first-order chi connectivity index (χ1) is 8.38. The Morgan fingerprint density at radius 3 is 2.61 bits per heavy atom. The molecule has 0 atom stereocenters. The molecule has 0 unspecified atom stereocenters. The summed E-state index contributed by atoms with van der Waals surface area (Å²) in [4.78, 5) is 4.00. The first kappa shape index (κ1) is 12.4. The number of sulfonamides is 1. The SMILES string of the molecule is Cc1coc(NS(=O)(=O)c2ccc(N)c(C)c2)n1. The van der Waals surface area contributed by atoms with Gasteiger partial charge in [0.1, 0.15) is 6.26 Å². The lowest BCUT2D eigenvalue weighted by Gasteiger charge is -2.06. The standard InChI is InChI=1S/C11H13N3O3S/c1-7-5-9(3-4-10(7)12)18(15,16)14-11-13-8(2)6-17-11/h3-6H,12H2,1-2H3,(H,13,14). The number of aryl methyl sites for hydroxylation is 2. The maximum atomic E-state index is 12.0. The van der Waals surface area contributed by atoms with E-state index in [2.05, 4.69) is 9.71 Å². The zero-order valence-corrected chi connectivity index (χ0v) is 10.8. The molecule has 1 aromatic heterocycles. The minimum absolute atomic E-state index is 0.0537. The van der Waals surface area contributed by atoms with Crippen molar-refractivity contribution in [1.29, 1.82) is 0 Å². The summed E-state index contributed by atoms with van der Waals surface area (Å²) in [6.45, 7) is 3.44. The lowest BCUT2D eigenvalue weighted by Crippen LogP contribution is -2.13. The Labute approximate surface area is 105 Å². The van der Waals surface area contributed by atoms with Gasteiger partial charge in [-0.3, -0.25) is 0 Å². The van der Waals surface area contributed by atoms with E-state index in [0.717, 1.165) is 0 Å². The average Bonchev–Trinajstić information content (AvgIpc) is 2.67. The van der Waals surface area contributed by atoms with Gasteiger partial charge in [0.15, 0.2) is 0 Å². The van der Waals surface area contributed by atoms with Crippen molar-refractivity contribution in [2.45, 2.75) is 18.7 Å².